The summed E-state index contributed by atoms with van der Waals surface area (Å²) in [6, 6.07) is 0. The number of hydrogen-bond donors (Lipinski definition) is 7. The molecule has 4 aromatic rings. The summed E-state index contributed by atoms with van der Waals surface area (Å²) < 4.78 is 15.1. The van der Waals surface area contributed by atoms with Gasteiger partial charge in [-0.3, -0.25) is 33.5 Å². The second-order valence-electron chi connectivity index (χ2n) is 9.52. The van der Waals surface area contributed by atoms with Crippen molar-refractivity contribution in [1.82, 2.24) is 44.5 Å². The molecule has 7 atom stereocenters. The van der Waals surface area contributed by atoms with E-state index in [4.69, 9.17) is 25.8 Å². The minimum Gasteiger partial charge on any atom is -0.394 e. The Hall–Kier alpha value is -3.94. The molecule has 4 aromatic heterocycles. The van der Waals surface area contributed by atoms with Crippen molar-refractivity contribution in [2.45, 2.75) is 50.2 Å². The fraction of sp³-hybridized carbons (Fsp3) is 0.524. The molecule has 0 aromatic carbocycles. The Morgan fingerprint density at radius 2 is 1.67 bits per heavy atom. The average Bonchev–Trinajstić information content (AvgIpc) is 3.65. The van der Waals surface area contributed by atoms with Gasteiger partial charge in [-0.05, 0) is 0 Å². The molecule has 0 saturated carbocycles. The highest BCUT2D eigenvalue weighted by Crippen LogP contribution is 2.37. The Kier molecular flexibility index (Phi) is 6.28. The molecule has 208 valence electrons. The lowest BCUT2D eigenvalue weighted by Gasteiger charge is -2.22. The van der Waals surface area contributed by atoms with Crippen LogP contribution in [-0.4, -0.2) is 86.8 Å². The van der Waals surface area contributed by atoms with Crippen LogP contribution in [0.2, 0.25) is 0 Å². The molecule has 0 spiro atoms. The van der Waals surface area contributed by atoms with Gasteiger partial charge in [0.2, 0.25) is 11.9 Å². The molecule has 2 aliphatic heterocycles. The monoisotopic (exact) mass is 545 g/mol. The third kappa shape index (κ3) is 4.32. The van der Waals surface area contributed by atoms with Crippen LogP contribution >= 0.6 is 0 Å². The molecule has 2 saturated heterocycles. The highest BCUT2D eigenvalue weighted by atomic mass is 16.7. The highest BCUT2D eigenvalue weighted by Gasteiger charge is 2.45. The molecule has 7 unspecified atom stereocenters. The maximum Gasteiger partial charge on any atom is 0.280 e. The molecule has 18 nitrogen and oxygen atoms in total. The fourth-order valence-corrected chi connectivity index (χ4v) is 5.11. The molecule has 0 amide bonds. The van der Waals surface area contributed by atoms with Gasteiger partial charge in [-0.2, -0.15) is 15.4 Å². The zero-order chi connectivity index (χ0) is 27.4. The minimum atomic E-state index is -0.853. The van der Waals surface area contributed by atoms with Crippen molar-refractivity contribution in [1.29, 1.82) is 0 Å². The van der Waals surface area contributed by atoms with E-state index in [-0.39, 0.29) is 59.7 Å². The first-order valence-electron chi connectivity index (χ1n) is 12.2. The molecule has 6 heterocycles. The van der Waals surface area contributed by atoms with Crippen LogP contribution in [-0.2, 0) is 14.3 Å². The lowest BCUT2D eigenvalue weighted by molar-refractivity contribution is -0.107. The highest BCUT2D eigenvalue weighted by molar-refractivity contribution is 5.71. The summed E-state index contributed by atoms with van der Waals surface area (Å²) >= 11 is 0. The van der Waals surface area contributed by atoms with Gasteiger partial charge in [-0.15, -0.1) is 0 Å². The second-order valence-corrected chi connectivity index (χ2v) is 9.52. The second kappa shape index (κ2) is 9.67. The third-order valence-electron chi connectivity index (χ3n) is 7.02. The Labute approximate surface area is 217 Å². The van der Waals surface area contributed by atoms with Crippen molar-refractivity contribution >= 4 is 34.2 Å². The lowest BCUT2D eigenvalue weighted by Crippen LogP contribution is -2.40. The number of aromatic amines is 2. The number of anilines is 2. The maximum absolute atomic E-state index is 12.2. The van der Waals surface area contributed by atoms with E-state index in [2.05, 4.69) is 35.4 Å². The topological polar surface area (TPSA) is 259 Å². The van der Waals surface area contributed by atoms with Crippen molar-refractivity contribution in [3.63, 3.8) is 0 Å². The zero-order valence-corrected chi connectivity index (χ0v) is 20.6. The van der Waals surface area contributed by atoms with Crippen LogP contribution in [0.5, 0.6) is 0 Å². The quantitative estimate of drug-likeness (QED) is 0.118. The molecule has 0 aliphatic carbocycles. The smallest absolute Gasteiger partial charge is 0.280 e. The van der Waals surface area contributed by atoms with E-state index >= 15 is 0 Å². The predicted octanol–water partition coefficient (Wildman–Crippen LogP) is -2.52. The number of nitrogens with two attached hydrogens (primary N) is 2. The third-order valence-corrected chi connectivity index (χ3v) is 7.02. The van der Waals surface area contributed by atoms with Gasteiger partial charge in [0, 0.05) is 18.9 Å². The van der Waals surface area contributed by atoms with Gasteiger partial charge < -0.3 is 31.2 Å². The summed E-state index contributed by atoms with van der Waals surface area (Å²) in [6.07, 6.45) is -1.05. The van der Waals surface area contributed by atoms with Crippen LogP contribution in [0.15, 0.2) is 22.2 Å². The summed E-state index contributed by atoms with van der Waals surface area (Å²) in [7, 11) is 0. The van der Waals surface area contributed by atoms with E-state index in [1.165, 1.54) is 12.7 Å². The van der Waals surface area contributed by atoms with Crippen LogP contribution in [0.25, 0.3) is 22.3 Å². The van der Waals surface area contributed by atoms with E-state index < -0.39 is 48.0 Å². The van der Waals surface area contributed by atoms with Crippen molar-refractivity contribution in [2.24, 2.45) is 5.92 Å². The molecule has 0 radical (unpaired) electrons. The van der Waals surface area contributed by atoms with E-state index in [0.717, 1.165) is 0 Å². The zero-order valence-electron chi connectivity index (χ0n) is 20.6. The number of ether oxygens (including phenoxy) is 2. The van der Waals surface area contributed by atoms with E-state index in [1.54, 1.807) is 9.13 Å². The molecule has 2 aliphatic rings. The van der Waals surface area contributed by atoms with Crippen LogP contribution in [0.1, 0.15) is 25.8 Å². The fourth-order valence-electron chi connectivity index (χ4n) is 5.11. The number of nitrogens with one attached hydrogen (secondary N) is 3. The van der Waals surface area contributed by atoms with Gasteiger partial charge in [0.25, 0.3) is 11.1 Å². The first-order valence-corrected chi connectivity index (χ1v) is 12.2. The van der Waals surface area contributed by atoms with Gasteiger partial charge in [-0.1, -0.05) is 6.92 Å². The Morgan fingerprint density at radius 3 is 2.31 bits per heavy atom. The minimum absolute atomic E-state index is 0.0567. The number of aliphatic hydroxyl groups is 2. The van der Waals surface area contributed by atoms with Gasteiger partial charge >= 0.3 is 0 Å². The predicted molar refractivity (Wildman–Crippen MR) is 133 cm³/mol. The first-order chi connectivity index (χ1) is 18.7. The molecule has 39 heavy (non-hydrogen) atoms. The number of aliphatic hydroxyl groups excluding tert-OH is 2. The Balaban J connectivity index is 1.12. The van der Waals surface area contributed by atoms with Gasteiger partial charge in [0.05, 0.1) is 25.4 Å². The maximum atomic E-state index is 12.2. The van der Waals surface area contributed by atoms with Crippen LogP contribution in [0.4, 0.5) is 11.9 Å². The van der Waals surface area contributed by atoms with Crippen molar-refractivity contribution < 1.29 is 24.5 Å². The SMILES string of the molecule is CC1C(ONCC2OC(n3cnc4c(=O)[nH]c(N)nc43)CC2O)C(CO)OC1n1cnc2c(=O)[nH]c(N)nc21. The van der Waals surface area contributed by atoms with Crippen LogP contribution in [0, 0.1) is 5.92 Å². The van der Waals surface area contributed by atoms with Crippen LogP contribution < -0.4 is 28.1 Å². The van der Waals surface area contributed by atoms with Gasteiger partial charge in [0.1, 0.15) is 30.8 Å². The normalized spacial score (nSPS) is 29.2. The molecule has 6 rings (SSSR count). The Bertz CT molecular complexity index is 1630. The number of nitrogen functional groups attached to an aromatic ring is 2. The van der Waals surface area contributed by atoms with Gasteiger partial charge in [-0.25, -0.2) is 9.97 Å². The summed E-state index contributed by atoms with van der Waals surface area (Å²) in [5.41, 5.74) is 14.0. The number of hydroxylamine groups is 1. The largest absolute Gasteiger partial charge is 0.394 e. The van der Waals surface area contributed by atoms with E-state index in [0.29, 0.717) is 0 Å². The average molecular weight is 546 g/mol. The number of rotatable bonds is 7. The Morgan fingerprint density at radius 1 is 1.05 bits per heavy atom. The van der Waals surface area contributed by atoms with E-state index in [9.17, 15) is 19.8 Å². The number of H-pyrrole nitrogens is 2. The lowest BCUT2D eigenvalue weighted by atomic mass is 10.0. The number of nitrogens with zero attached hydrogens (tertiary/aromatic N) is 6. The molecule has 0 bridgehead atoms. The first kappa shape index (κ1) is 25.3. The molecule has 2 fully saturated rings. The van der Waals surface area contributed by atoms with Crippen molar-refractivity contribution in [3.05, 3.63) is 33.4 Å². The standard InChI is InChI=1S/C21H27N11O7/c1-7-14(10(4-33)38-19(7)32-6-25-13-16(32)28-21(23)30-18(13)36)39-26-3-9-8(34)2-11(37-9)31-5-24-12-15(31)27-20(22)29-17(12)35/h5-11,14,19,26,33-34H,2-4H2,1H3,(H3,22,27,29,35)(H3,23,28,30,36). The van der Waals surface area contributed by atoms with Crippen molar-refractivity contribution in [2.75, 3.05) is 24.6 Å². The molecular formula is C21H27N11O7. The van der Waals surface area contributed by atoms with Crippen LogP contribution in [0.3, 0.4) is 0 Å². The number of hydrogen-bond acceptors (Lipinski definition) is 14. The van der Waals surface area contributed by atoms with Crippen molar-refractivity contribution in [3.8, 4) is 0 Å². The molecule has 18 heteroatoms. The van der Waals surface area contributed by atoms with E-state index in [1.807, 2.05) is 6.92 Å². The summed E-state index contributed by atoms with van der Waals surface area (Å²) in [4.78, 5) is 51.4. The summed E-state index contributed by atoms with van der Waals surface area (Å²) in [6.45, 7) is 1.63. The summed E-state index contributed by atoms with van der Waals surface area (Å²) in [5.74, 6) is -0.432. The summed E-state index contributed by atoms with van der Waals surface area (Å²) in [5, 5.41) is 20.5. The number of imidazole rings is 2. The number of aromatic nitrogens is 8. The number of fused-ring (bicyclic) bond motifs is 2. The van der Waals surface area contributed by atoms with Gasteiger partial charge in [0.15, 0.2) is 22.3 Å². The molecular weight excluding hydrogens is 518 g/mol. The molecule has 9 N–H and O–H groups in total.